The molecule has 0 bridgehead atoms. The summed E-state index contributed by atoms with van der Waals surface area (Å²) in [5.74, 6) is 1.23. The summed E-state index contributed by atoms with van der Waals surface area (Å²) >= 11 is 0. The Morgan fingerprint density at radius 2 is 2.30 bits per heavy atom. The van der Waals surface area contributed by atoms with Crippen molar-refractivity contribution in [2.45, 2.75) is 25.4 Å². The Hall–Kier alpha value is -1.73. The van der Waals surface area contributed by atoms with Crippen LogP contribution in [-0.2, 0) is 14.3 Å². The Kier molecular flexibility index (Phi) is 4.77. The number of carbonyl (C=O) groups excluding carboxylic acids is 1. The third kappa shape index (κ3) is 3.79. The fourth-order valence-electron chi connectivity index (χ4n) is 3.14. The Morgan fingerprint density at radius 1 is 1.48 bits per heavy atom. The Balaban J connectivity index is 1.42. The van der Waals surface area contributed by atoms with E-state index in [1.54, 1.807) is 0 Å². The van der Waals surface area contributed by atoms with E-state index >= 15 is 0 Å². The highest BCUT2D eigenvalue weighted by molar-refractivity contribution is 5.77. The van der Waals surface area contributed by atoms with E-state index in [-0.39, 0.29) is 18.1 Å². The van der Waals surface area contributed by atoms with E-state index in [4.69, 9.17) is 9.47 Å². The number of ether oxygens (including phenoxy) is 2. The summed E-state index contributed by atoms with van der Waals surface area (Å²) < 4.78 is 10.9. The van der Waals surface area contributed by atoms with Crippen LogP contribution in [0.15, 0.2) is 12.1 Å². The van der Waals surface area contributed by atoms with Crippen molar-refractivity contribution in [1.82, 2.24) is 15.5 Å². The zero-order chi connectivity index (χ0) is 16.3. The average molecular weight is 320 g/mol. The van der Waals surface area contributed by atoms with Crippen molar-refractivity contribution in [2.24, 2.45) is 5.92 Å². The largest absolute Gasteiger partial charge is 0.375 e. The first-order valence-corrected chi connectivity index (χ1v) is 8.05. The number of nitrogens with zero attached hydrogens (tertiary/aromatic N) is 3. The van der Waals surface area contributed by atoms with Gasteiger partial charge in [0, 0.05) is 13.7 Å². The molecule has 1 aromatic rings. The summed E-state index contributed by atoms with van der Waals surface area (Å²) in [6.07, 6.45) is 2.09. The number of anilines is 1. The molecule has 1 spiro atoms. The molecule has 0 saturated carbocycles. The van der Waals surface area contributed by atoms with Gasteiger partial charge in [0.05, 0.1) is 25.4 Å². The van der Waals surface area contributed by atoms with Gasteiger partial charge in [0.25, 0.3) is 0 Å². The monoisotopic (exact) mass is 320 g/mol. The van der Waals surface area contributed by atoms with Gasteiger partial charge in [-0.2, -0.15) is 5.10 Å². The van der Waals surface area contributed by atoms with E-state index in [1.807, 2.05) is 19.1 Å². The van der Waals surface area contributed by atoms with Crippen molar-refractivity contribution in [2.75, 3.05) is 44.9 Å². The zero-order valence-electron chi connectivity index (χ0n) is 13.7. The van der Waals surface area contributed by atoms with Gasteiger partial charge in [-0.15, -0.1) is 5.10 Å². The molecule has 23 heavy (non-hydrogen) atoms. The summed E-state index contributed by atoms with van der Waals surface area (Å²) in [5, 5.41) is 11.2. The molecular weight excluding hydrogens is 296 g/mol. The predicted octanol–water partition coefficient (Wildman–Crippen LogP) is 0.533. The SMILES string of the molecule is COCC(=O)NC[C@@H]1CCC2(CN(c3ccc(C)nn3)C2)OC1. The summed E-state index contributed by atoms with van der Waals surface area (Å²) in [5.41, 5.74) is 0.885. The highest BCUT2D eigenvalue weighted by Gasteiger charge is 2.47. The molecule has 0 aliphatic carbocycles. The molecule has 3 heterocycles. The summed E-state index contributed by atoms with van der Waals surface area (Å²) in [7, 11) is 1.52. The van der Waals surface area contributed by atoms with Gasteiger partial charge < -0.3 is 19.7 Å². The van der Waals surface area contributed by atoms with Gasteiger partial charge in [-0.3, -0.25) is 4.79 Å². The number of hydrogen-bond donors (Lipinski definition) is 1. The Bertz CT molecular complexity index is 533. The highest BCUT2D eigenvalue weighted by Crippen LogP contribution is 2.37. The van der Waals surface area contributed by atoms with Crippen LogP contribution in [0, 0.1) is 12.8 Å². The van der Waals surface area contributed by atoms with Crippen molar-refractivity contribution < 1.29 is 14.3 Å². The predicted molar refractivity (Wildman–Crippen MR) is 85.3 cm³/mol. The van der Waals surface area contributed by atoms with E-state index < -0.39 is 0 Å². The lowest BCUT2D eigenvalue weighted by molar-refractivity contribution is -0.127. The van der Waals surface area contributed by atoms with Crippen molar-refractivity contribution in [1.29, 1.82) is 0 Å². The Labute approximate surface area is 136 Å². The standard InChI is InChI=1S/C16H24N4O3/c1-12-3-4-14(19-18-12)20-10-16(11-20)6-5-13(8-23-16)7-17-15(21)9-22-2/h3-4,13H,5-11H2,1-2H3,(H,17,21)/t13-/m0/s1. The molecule has 3 rings (SSSR count). The van der Waals surface area contributed by atoms with Crippen LogP contribution in [0.2, 0.25) is 0 Å². The second-order valence-electron chi connectivity index (χ2n) is 6.52. The first-order chi connectivity index (χ1) is 11.1. The first kappa shape index (κ1) is 16.1. The van der Waals surface area contributed by atoms with E-state index in [9.17, 15) is 4.79 Å². The lowest BCUT2D eigenvalue weighted by atomic mass is 9.83. The quantitative estimate of drug-likeness (QED) is 0.853. The number of amides is 1. The second-order valence-corrected chi connectivity index (χ2v) is 6.52. The van der Waals surface area contributed by atoms with Crippen LogP contribution in [0.4, 0.5) is 5.82 Å². The number of rotatable bonds is 5. The smallest absolute Gasteiger partial charge is 0.245 e. The summed E-state index contributed by atoms with van der Waals surface area (Å²) in [6, 6.07) is 3.99. The molecule has 2 aliphatic heterocycles. The van der Waals surface area contributed by atoms with E-state index in [0.717, 1.165) is 37.4 Å². The Morgan fingerprint density at radius 3 is 2.91 bits per heavy atom. The van der Waals surface area contributed by atoms with Crippen LogP contribution in [0.3, 0.4) is 0 Å². The van der Waals surface area contributed by atoms with Gasteiger partial charge >= 0.3 is 0 Å². The van der Waals surface area contributed by atoms with Crippen LogP contribution in [0.1, 0.15) is 18.5 Å². The molecule has 1 N–H and O–H groups in total. The minimum absolute atomic E-state index is 0.0421. The fourth-order valence-corrected chi connectivity index (χ4v) is 3.14. The number of hydrogen-bond acceptors (Lipinski definition) is 6. The van der Waals surface area contributed by atoms with Crippen LogP contribution in [-0.4, -0.2) is 61.7 Å². The van der Waals surface area contributed by atoms with Crippen LogP contribution >= 0.6 is 0 Å². The molecular formula is C16H24N4O3. The molecule has 2 saturated heterocycles. The molecule has 0 unspecified atom stereocenters. The van der Waals surface area contributed by atoms with Crippen molar-refractivity contribution in [3.05, 3.63) is 17.8 Å². The fraction of sp³-hybridized carbons (Fsp3) is 0.688. The van der Waals surface area contributed by atoms with Crippen molar-refractivity contribution in [3.63, 3.8) is 0 Å². The topological polar surface area (TPSA) is 76.6 Å². The van der Waals surface area contributed by atoms with Gasteiger partial charge in [-0.05, 0) is 37.8 Å². The number of methoxy groups -OCH3 is 1. The van der Waals surface area contributed by atoms with Crippen LogP contribution in [0.25, 0.3) is 0 Å². The number of aryl methyl sites for hydroxylation is 1. The second kappa shape index (κ2) is 6.80. The summed E-state index contributed by atoms with van der Waals surface area (Å²) in [6.45, 7) is 5.14. The molecule has 2 fully saturated rings. The molecule has 2 aliphatic rings. The molecule has 1 atom stereocenters. The third-order valence-electron chi connectivity index (χ3n) is 4.56. The summed E-state index contributed by atoms with van der Waals surface area (Å²) in [4.78, 5) is 13.6. The lowest BCUT2D eigenvalue weighted by Crippen LogP contribution is -2.65. The lowest BCUT2D eigenvalue weighted by Gasteiger charge is -2.53. The van der Waals surface area contributed by atoms with Gasteiger partial charge in [0.2, 0.25) is 5.91 Å². The molecule has 1 amide bonds. The first-order valence-electron chi connectivity index (χ1n) is 8.05. The van der Waals surface area contributed by atoms with E-state index in [2.05, 4.69) is 20.4 Å². The maximum Gasteiger partial charge on any atom is 0.245 e. The minimum Gasteiger partial charge on any atom is -0.375 e. The van der Waals surface area contributed by atoms with Gasteiger partial charge in [-0.1, -0.05) is 0 Å². The van der Waals surface area contributed by atoms with Gasteiger partial charge in [0.1, 0.15) is 12.2 Å². The zero-order valence-corrected chi connectivity index (χ0v) is 13.7. The molecule has 1 aromatic heterocycles. The van der Waals surface area contributed by atoms with Crippen LogP contribution < -0.4 is 10.2 Å². The van der Waals surface area contributed by atoms with Crippen LogP contribution in [0.5, 0.6) is 0 Å². The van der Waals surface area contributed by atoms with Crippen molar-refractivity contribution >= 4 is 11.7 Å². The minimum atomic E-state index is -0.0689. The number of carbonyl (C=O) groups is 1. The maximum atomic E-state index is 11.4. The third-order valence-corrected chi connectivity index (χ3v) is 4.56. The highest BCUT2D eigenvalue weighted by atomic mass is 16.5. The average Bonchev–Trinajstić information content (AvgIpc) is 2.52. The molecule has 126 valence electrons. The van der Waals surface area contributed by atoms with Gasteiger partial charge in [0.15, 0.2) is 5.82 Å². The van der Waals surface area contributed by atoms with E-state index in [0.29, 0.717) is 19.1 Å². The van der Waals surface area contributed by atoms with Gasteiger partial charge in [-0.25, -0.2) is 0 Å². The van der Waals surface area contributed by atoms with Crippen molar-refractivity contribution in [3.8, 4) is 0 Å². The molecule has 7 heteroatoms. The number of aromatic nitrogens is 2. The van der Waals surface area contributed by atoms with E-state index in [1.165, 1.54) is 7.11 Å². The number of nitrogens with one attached hydrogen (secondary N) is 1. The molecule has 0 radical (unpaired) electrons. The maximum absolute atomic E-state index is 11.4. The molecule has 0 aromatic carbocycles. The normalized spacial score (nSPS) is 22.7. The molecule has 7 nitrogen and oxygen atoms in total.